The lowest BCUT2D eigenvalue weighted by Crippen LogP contribution is -2.46. The Hall–Kier alpha value is -2.81. The first kappa shape index (κ1) is 21.4. The van der Waals surface area contributed by atoms with Crippen LogP contribution >= 0.6 is 0 Å². The first-order chi connectivity index (χ1) is 15.0. The zero-order chi connectivity index (χ0) is 21.8. The summed E-state index contributed by atoms with van der Waals surface area (Å²) in [5.41, 5.74) is 1.30. The number of nitrogens with zero attached hydrogens (tertiary/aromatic N) is 5. The molecule has 31 heavy (non-hydrogen) atoms. The van der Waals surface area contributed by atoms with E-state index in [1.54, 1.807) is 19.1 Å². The molecule has 1 saturated carbocycles. The maximum absolute atomic E-state index is 12.8. The van der Waals surface area contributed by atoms with Crippen molar-refractivity contribution >= 4 is 11.6 Å². The average Bonchev–Trinajstić information content (AvgIpc) is 3.17. The van der Waals surface area contributed by atoms with Crippen LogP contribution in [0.1, 0.15) is 61.1 Å². The molecule has 1 aliphatic heterocycles. The number of nitro benzene ring substituents is 1. The van der Waals surface area contributed by atoms with Crippen molar-refractivity contribution in [2.75, 3.05) is 19.6 Å². The highest BCUT2D eigenvalue weighted by Gasteiger charge is 2.26. The molecule has 9 heteroatoms. The first-order valence-corrected chi connectivity index (χ1v) is 11.2. The van der Waals surface area contributed by atoms with Gasteiger partial charge in [-0.05, 0) is 44.6 Å². The highest BCUT2D eigenvalue weighted by molar-refractivity contribution is 5.93. The second kappa shape index (κ2) is 9.55. The Labute approximate surface area is 182 Å². The van der Waals surface area contributed by atoms with Gasteiger partial charge in [0.05, 0.1) is 16.3 Å². The summed E-state index contributed by atoms with van der Waals surface area (Å²) in [5, 5.41) is 22.2. The third kappa shape index (κ3) is 5.10. The summed E-state index contributed by atoms with van der Waals surface area (Å²) in [5.74, 6) is 0.603. The molecule has 0 bridgehead atoms. The van der Waals surface area contributed by atoms with Crippen LogP contribution in [0.5, 0.6) is 0 Å². The van der Waals surface area contributed by atoms with Crippen LogP contribution in [-0.2, 0) is 0 Å². The quantitative estimate of drug-likeness (QED) is 0.561. The fourth-order valence-corrected chi connectivity index (χ4v) is 4.77. The molecule has 4 rings (SSSR count). The molecule has 0 spiro atoms. The Balaban J connectivity index is 1.33. The second-order valence-electron chi connectivity index (χ2n) is 8.76. The molecule has 2 aliphatic rings. The minimum atomic E-state index is -0.454. The van der Waals surface area contributed by atoms with Crippen LogP contribution < -0.4 is 5.32 Å². The van der Waals surface area contributed by atoms with Crippen LogP contribution in [0, 0.1) is 23.0 Å². The number of carbonyl (C=O) groups is 1. The molecule has 1 N–H and O–H groups in total. The topological polar surface area (TPSA) is 106 Å². The van der Waals surface area contributed by atoms with E-state index in [-0.39, 0.29) is 23.3 Å². The van der Waals surface area contributed by atoms with Gasteiger partial charge in [-0.15, -0.1) is 5.10 Å². The summed E-state index contributed by atoms with van der Waals surface area (Å²) in [6.45, 7) is 4.97. The van der Waals surface area contributed by atoms with Crippen molar-refractivity contribution in [2.24, 2.45) is 5.92 Å². The van der Waals surface area contributed by atoms with E-state index in [1.165, 1.54) is 55.5 Å². The molecule has 2 heterocycles. The van der Waals surface area contributed by atoms with Crippen molar-refractivity contribution in [2.45, 2.75) is 57.9 Å². The van der Waals surface area contributed by atoms with E-state index < -0.39 is 4.92 Å². The number of rotatable bonds is 6. The molecule has 2 aromatic rings. The molecule has 1 saturated heterocycles. The standard InChI is InChI=1S/C22H30N6O3/c1-16-21(24-25-27(16)19-8-5-9-20(14-19)28(30)31)22(29)23-18-10-12-26(13-11-18)15-17-6-3-2-4-7-17/h5,8-9,14,17-18H,2-4,6-7,10-13,15H2,1H3,(H,23,29). The zero-order valence-corrected chi connectivity index (χ0v) is 18.0. The monoisotopic (exact) mass is 426 g/mol. The molecule has 1 aliphatic carbocycles. The van der Waals surface area contributed by atoms with Gasteiger partial charge in [0, 0.05) is 37.8 Å². The average molecular weight is 427 g/mol. The minimum Gasteiger partial charge on any atom is -0.348 e. The maximum Gasteiger partial charge on any atom is 0.273 e. The molecule has 1 amide bonds. The van der Waals surface area contributed by atoms with E-state index in [4.69, 9.17) is 0 Å². The number of amides is 1. The number of non-ortho nitro benzene ring substituents is 1. The van der Waals surface area contributed by atoms with E-state index in [1.807, 2.05) is 0 Å². The number of nitro groups is 1. The van der Waals surface area contributed by atoms with E-state index in [0.29, 0.717) is 11.4 Å². The van der Waals surface area contributed by atoms with Gasteiger partial charge in [-0.2, -0.15) is 0 Å². The van der Waals surface area contributed by atoms with Crippen molar-refractivity contribution < 1.29 is 9.72 Å². The lowest BCUT2D eigenvalue weighted by Gasteiger charge is -2.35. The van der Waals surface area contributed by atoms with Gasteiger partial charge in [-0.1, -0.05) is 30.5 Å². The Morgan fingerprint density at radius 2 is 1.94 bits per heavy atom. The molecule has 0 atom stereocenters. The number of likely N-dealkylation sites (tertiary alicyclic amines) is 1. The summed E-state index contributed by atoms with van der Waals surface area (Å²) in [4.78, 5) is 25.9. The van der Waals surface area contributed by atoms with Crippen molar-refractivity contribution in [3.8, 4) is 5.69 Å². The van der Waals surface area contributed by atoms with E-state index in [9.17, 15) is 14.9 Å². The number of benzene rings is 1. The van der Waals surface area contributed by atoms with Crippen LogP contribution in [0.2, 0.25) is 0 Å². The molecular formula is C22H30N6O3. The van der Waals surface area contributed by atoms with Crippen molar-refractivity contribution in [3.63, 3.8) is 0 Å². The third-order valence-electron chi connectivity index (χ3n) is 6.56. The normalized spacial score (nSPS) is 18.7. The summed E-state index contributed by atoms with van der Waals surface area (Å²) >= 11 is 0. The van der Waals surface area contributed by atoms with Crippen LogP contribution in [0.15, 0.2) is 24.3 Å². The molecule has 1 aromatic carbocycles. The van der Waals surface area contributed by atoms with Gasteiger partial charge in [0.25, 0.3) is 11.6 Å². The highest BCUT2D eigenvalue weighted by atomic mass is 16.6. The number of hydrogen-bond acceptors (Lipinski definition) is 6. The van der Waals surface area contributed by atoms with Crippen LogP contribution in [-0.4, -0.2) is 56.4 Å². The number of carbonyl (C=O) groups excluding carboxylic acids is 1. The predicted octanol–water partition coefficient (Wildman–Crippen LogP) is 3.26. The summed E-state index contributed by atoms with van der Waals surface area (Å²) in [6, 6.07) is 6.28. The Bertz CT molecular complexity index is 929. The van der Waals surface area contributed by atoms with E-state index >= 15 is 0 Å². The summed E-state index contributed by atoms with van der Waals surface area (Å²) < 4.78 is 1.47. The second-order valence-corrected chi connectivity index (χ2v) is 8.76. The zero-order valence-electron chi connectivity index (χ0n) is 18.0. The van der Waals surface area contributed by atoms with E-state index in [2.05, 4.69) is 20.5 Å². The molecular weight excluding hydrogens is 396 g/mol. The number of piperidine rings is 1. The van der Waals surface area contributed by atoms with Gasteiger partial charge in [0.2, 0.25) is 0 Å². The van der Waals surface area contributed by atoms with Gasteiger partial charge in [0.15, 0.2) is 5.69 Å². The molecule has 9 nitrogen and oxygen atoms in total. The van der Waals surface area contributed by atoms with Crippen molar-refractivity contribution in [1.29, 1.82) is 0 Å². The molecule has 0 unspecified atom stereocenters. The van der Waals surface area contributed by atoms with Gasteiger partial charge in [-0.25, -0.2) is 4.68 Å². The van der Waals surface area contributed by atoms with Crippen molar-refractivity contribution in [1.82, 2.24) is 25.2 Å². The van der Waals surface area contributed by atoms with Gasteiger partial charge >= 0.3 is 0 Å². The summed E-state index contributed by atoms with van der Waals surface area (Å²) in [7, 11) is 0. The predicted molar refractivity (Wildman–Crippen MR) is 116 cm³/mol. The highest BCUT2D eigenvalue weighted by Crippen LogP contribution is 2.25. The molecule has 166 valence electrons. The van der Waals surface area contributed by atoms with Gasteiger partial charge in [-0.3, -0.25) is 14.9 Å². The molecule has 1 aromatic heterocycles. The Kier molecular flexibility index (Phi) is 6.60. The lowest BCUT2D eigenvalue weighted by atomic mass is 9.88. The van der Waals surface area contributed by atoms with Crippen molar-refractivity contribution in [3.05, 3.63) is 45.8 Å². The Morgan fingerprint density at radius 3 is 2.65 bits per heavy atom. The molecule has 0 radical (unpaired) electrons. The van der Waals surface area contributed by atoms with E-state index in [0.717, 1.165) is 31.8 Å². The Morgan fingerprint density at radius 1 is 1.19 bits per heavy atom. The van der Waals surface area contributed by atoms with Crippen LogP contribution in [0.4, 0.5) is 5.69 Å². The van der Waals surface area contributed by atoms with Gasteiger partial charge < -0.3 is 10.2 Å². The molecule has 2 fully saturated rings. The lowest BCUT2D eigenvalue weighted by molar-refractivity contribution is -0.384. The number of nitrogens with one attached hydrogen (secondary N) is 1. The maximum atomic E-state index is 12.8. The van der Waals surface area contributed by atoms with Crippen LogP contribution in [0.3, 0.4) is 0 Å². The first-order valence-electron chi connectivity index (χ1n) is 11.2. The largest absolute Gasteiger partial charge is 0.348 e. The minimum absolute atomic E-state index is 0.0293. The van der Waals surface area contributed by atoms with Crippen LogP contribution in [0.25, 0.3) is 5.69 Å². The number of aromatic nitrogens is 3. The number of hydrogen-bond donors (Lipinski definition) is 1. The fraction of sp³-hybridized carbons (Fsp3) is 0.591. The van der Waals surface area contributed by atoms with Gasteiger partial charge in [0.1, 0.15) is 0 Å². The summed E-state index contributed by atoms with van der Waals surface area (Å²) in [6.07, 6.45) is 8.72. The third-order valence-corrected chi connectivity index (χ3v) is 6.56. The smallest absolute Gasteiger partial charge is 0.273 e. The fourth-order valence-electron chi connectivity index (χ4n) is 4.77. The SMILES string of the molecule is Cc1c(C(=O)NC2CCN(CC3CCCCC3)CC2)nnn1-c1cccc([N+](=O)[O-])c1.